The van der Waals surface area contributed by atoms with Crippen LogP contribution in [0.3, 0.4) is 0 Å². The average molecular weight is 826 g/mol. The summed E-state index contributed by atoms with van der Waals surface area (Å²) in [7, 11) is 4.92. The molecule has 4 N–H and O–H groups in total. The Labute approximate surface area is 340 Å². The number of hydrogen-bond donors (Lipinski definition) is 4. The molecule has 59 heavy (non-hydrogen) atoms. The van der Waals surface area contributed by atoms with Crippen LogP contribution < -0.4 is 0 Å². The zero-order chi connectivity index (χ0) is 42.4. The number of carbonyl (C=O) groups is 4. The number of aliphatic hydroxyl groups is 1. The number of hydrogen-bond acceptors (Lipinski definition) is 17. The van der Waals surface area contributed by atoms with Gasteiger partial charge in [0.15, 0.2) is 30.4 Å². The molecule has 0 bridgehead atoms. The summed E-state index contributed by atoms with van der Waals surface area (Å²) < 4.78 is 49.5. The minimum atomic E-state index is -1.80. The van der Waals surface area contributed by atoms with E-state index in [0.717, 1.165) is 19.2 Å². The first kappa shape index (κ1) is 41.7. The van der Waals surface area contributed by atoms with E-state index in [1.54, 1.807) is 13.8 Å². The first-order chi connectivity index (χ1) is 28.0. The highest BCUT2D eigenvalue weighted by molar-refractivity contribution is 6.31. The van der Waals surface area contributed by atoms with Crippen LogP contribution in [0, 0.1) is 0 Å². The Balaban J connectivity index is 1.07. The summed E-state index contributed by atoms with van der Waals surface area (Å²) >= 11 is 0. The molecule has 6 aliphatic rings. The van der Waals surface area contributed by atoms with Crippen molar-refractivity contribution in [3.63, 3.8) is 0 Å². The fourth-order valence-corrected chi connectivity index (χ4v) is 9.77. The number of fused-ring (bicyclic) bond motifs is 5. The van der Waals surface area contributed by atoms with Crippen LogP contribution in [-0.2, 0) is 47.5 Å². The number of ketones is 3. The van der Waals surface area contributed by atoms with Gasteiger partial charge in [-0.25, -0.2) is 0 Å². The lowest BCUT2D eigenvalue weighted by Crippen LogP contribution is -2.62. The minimum absolute atomic E-state index is 0.00735. The van der Waals surface area contributed by atoms with E-state index in [4.69, 9.17) is 37.9 Å². The highest BCUT2D eigenvalue weighted by atomic mass is 16.8. The monoisotopic (exact) mass is 825 g/mol. The lowest BCUT2D eigenvalue weighted by molar-refractivity contribution is -0.371. The fraction of sp³-hybridized carbons (Fsp3) is 0.619. The molecule has 4 fully saturated rings. The Hall–Kier alpha value is -4.04. The second-order valence-electron chi connectivity index (χ2n) is 16.7. The molecule has 14 atom stereocenters. The summed E-state index contributed by atoms with van der Waals surface area (Å²) in [6.07, 6.45) is -6.48. The number of phenols is 3. The summed E-state index contributed by atoms with van der Waals surface area (Å²) in [5.41, 5.74) is -3.51. The van der Waals surface area contributed by atoms with Crippen molar-refractivity contribution in [2.75, 3.05) is 21.2 Å². The predicted molar refractivity (Wildman–Crippen MR) is 201 cm³/mol. The number of methoxy groups -OCH3 is 1. The van der Waals surface area contributed by atoms with Crippen molar-refractivity contribution in [2.24, 2.45) is 0 Å². The third-order valence-corrected chi connectivity index (χ3v) is 12.9. The van der Waals surface area contributed by atoms with E-state index in [-0.39, 0.29) is 54.2 Å². The number of nitrogens with zero attached hydrogens (tertiary/aromatic N) is 1. The zero-order valence-electron chi connectivity index (χ0n) is 33.9. The van der Waals surface area contributed by atoms with Crippen molar-refractivity contribution in [3.8, 4) is 17.2 Å². The number of rotatable bonds is 7. The molecule has 0 aromatic heterocycles. The maximum atomic E-state index is 14.0. The van der Waals surface area contributed by atoms with Gasteiger partial charge < -0.3 is 63.2 Å². The quantitative estimate of drug-likeness (QED) is 0.198. The number of aromatic hydroxyl groups is 3. The van der Waals surface area contributed by atoms with Crippen molar-refractivity contribution < 1.29 is 77.5 Å². The van der Waals surface area contributed by atoms with Crippen molar-refractivity contribution in [2.45, 2.75) is 145 Å². The van der Waals surface area contributed by atoms with Gasteiger partial charge in [-0.3, -0.25) is 19.2 Å². The van der Waals surface area contributed by atoms with Crippen LogP contribution >= 0.6 is 0 Å². The molecule has 2 aliphatic carbocycles. The second kappa shape index (κ2) is 15.5. The Morgan fingerprint density at radius 1 is 0.864 bits per heavy atom. The molecule has 0 amide bonds. The zero-order valence-corrected chi connectivity index (χ0v) is 33.9. The molecule has 320 valence electrons. The Bertz CT molecular complexity index is 2050. The molecule has 0 radical (unpaired) electrons. The van der Waals surface area contributed by atoms with Crippen molar-refractivity contribution in [3.05, 3.63) is 51.6 Å². The lowest BCUT2D eigenvalue weighted by atomic mass is 9.67. The maximum absolute atomic E-state index is 14.0. The van der Waals surface area contributed by atoms with Crippen LogP contribution in [0.5, 0.6) is 17.2 Å². The topological polar surface area (TPSA) is 226 Å². The van der Waals surface area contributed by atoms with Crippen LogP contribution in [0.15, 0.2) is 18.2 Å². The van der Waals surface area contributed by atoms with E-state index >= 15 is 0 Å². The normalized spacial score (nSPS) is 37.8. The van der Waals surface area contributed by atoms with Gasteiger partial charge in [0.1, 0.15) is 47.6 Å². The first-order valence-corrected chi connectivity index (χ1v) is 20.1. The van der Waals surface area contributed by atoms with Gasteiger partial charge in [0, 0.05) is 42.9 Å². The van der Waals surface area contributed by atoms with E-state index in [1.165, 1.54) is 6.07 Å². The average Bonchev–Trinajstić information content (AvgIpc) is 3.18. The lowest BCUT2D eigenvalue weighted by Gasteiger charge is -2.51. The number of esters is 1. The van der Waals surface area contributed by atoms with E-state index in [2.05, 4.69) is 0 Å². The van der Waals surface area contributed by atoms with Gasteiger partial charge in [-0.1, -0.05) is 6.92 Å². The largest absolute Gasteiger partial charge is 0.507 e. The van der Waals surface area contributed by atoms with Gasteiger partial charge in [-0.2, -0.15) is 0 Å². The molecule has 17 nitrogen and oxygen atoms in total. The summed E-state index contributed by atoms with van der Waals surface area (Å²) in [4.78, 5) is 55.7. The number of likely N-dealkylation sites (N-methyl/N-ethyl adjacent to an activating group) is 1. The minimum Gasteiger partial charge on any atom is -0.507 e. The second-order valence-corrected chi connectivity index (χ2v) is 16.7. The molecule has 0 spiro atoms. The third kappa shape index (κ3) is 6.93. The molecule has 0 saturated carbocycles. The molecular formula is C42H51NO16. The highest BCUT2D eigenvalue weighted by Gasteiger charge is 2.55. The van der Waals surface area contributed by atoms with Gasteiger partial charge in [0.05, 0.1) is 53.8 Å². The Morgan fingerprint density at radius 2 is 1.53 bits per heavy atom. The van der Waals surface area contributed by atoms with Crippen LogP contribution in [0.25, 0.3) is 0 Å². The van der Waals surface area contributed by atoms with Crippen LogP contribution in [-0.4, -0.2) is 143 Å². The van der Waals surface area contributed by atoms with Gasteiger partial charge in [-0.05, 0) is 65.0 Å². The molecule has 4 aliphatic heterocycles. The molecule has 0 unspecified atom stereocenters. The summed E-state index contributed by atoms with van der Waals surface area (Å²) in [6.45, 7) is 7.07. The van der Waals surface area contributed by atoms with Gasteiger partial charge in [0.2, 0.25) is 5.78 Å². The SMILES string of the molecule is CC[C@]1(O)C[C@@H](O[C@H]2C[C@@H](N(C)C)[C@H](O[C@H]3C[C@H]4O[C@H]5CC(=O)[C@@H](C)O[C@@H]5O[C@H]4[C@@H](C)O3)[C@@H](C)O2)c2c(cc3c(c2O)C(=O)c2c(O)ccc(O)c2C3=O)[C@@H]1C(=O)OC. The van der Waals surface area contributed by atoms with Gasteiger partial charge >= 0.3 is 5.97 Å². The molecule has 2 aromatic rings. The molecule has 8 rings (SSSR count). The number of carbonyl (C=O) groups excluding carboxylic acids is 4. The smallest absolute Gasteiger partial charge is 0.316 e. The summed E-state index contributed by atoms with van der Waals surface area (Å²) in [6, 6.07) is 3.08. The Kier molecular flexibility index (Phi) is 10.9. The maximum Gasteiger partial charge on any atom is 0.316 e. The van der Waals surface area contributed by atoms with Crippen LogP contribution in [0.2, 0.25) is 0 Å². The van der Waals surface area contributed by atoms with E-state index in [9.17, 15) is 39.6 Å². The van der Waals surface area contributed by atoms with E-state index < -0.39 is 131 Å². The summed E-state index contributed by atoms with van der Waals surface area (Å²) in [5, 5.41) is 45.4. The molecular weight excluding hydrogens is 774 g/mol. The number of phenolic OH excluding ortho intramolecular Hbond substituents is 3. The van der Waals surface area contributed by atoms with E-state index in [0.29, 0.717) is 6.42 Å². The van der Waals surface area contributed by atoms with E-state index in [1.807, 2.05) is 32.8 Å². The molecule has 4 heterocycles. The predicted octanol–water partition coefficient (Wildman–Crippen LogP) is 2.88. The molecule has 4 saturated heterocycles. The number of Topliss-reactive ketones (excluding diaryl/α,β-unsaturated/α-hetero) is 1. The van der Waals surface area contributed by atoms with Gasteiger partial charge in [0.25, 0.3) is 0 Å². The molecule has 17 heteroatoms. The highest BCUT2D eigenvalue weighted by Crippen LogP contribution is 2.54. The van der Waals surface area contributed by atoms with Crippen LogP contribution in [0.4, 0.5) is 0 Å². The Morgan fingerprint density at radius 3 is 2.19 bits per heavy atom. The third-order valence-electron chi connectivity index (χ3n) is 12.9. The first-order valence-electron chi connectivity index (χ1n) is 20.1. The number of benzene rings is 2. The fourth-order valence-electron chi connectivity index (χ4n) is 9.77. The van der Waals surface area contributed by atoms with Crippen LogP contribution in [0.1, 0.15) is 115 Å². The standard InChI is InChI=1S/C42H51NO16/c1-8-42(51)15-27(30-19(34(42)40(50)52-7)11-20-31(36(30)48)37(49)33-23(45)10-9-22(44)32(33)35(20)47)57-28-12-21(43(5)6)38(17(3)53-28)58-29-14-25-39(18(4)54-29)59-41-26(56-25)13-24(46)16(2)55-41/h9-11,16-18,21,25-29,34,38-39,41,44-45,48,51H,8,12-15H2,1-7H3/t16-,17-,18-,21-,25-,26+,27-,28+,29+,34-,38-,39+,41-,42+/m1/s1. The van der Waals surface area contributed by atoms with Gasteiger partial charge in [-0.15, -0.1) is 0 Å². The van der Waals surface area contributed by atoms with Crippen molar-refractivity contribution in [1.29, 1.82) is 0 Å². The summed E-state index contributed by atoms with van der Waals surface area (Å²) in [5.74, 6) is -5.88. The van der Waals surface area contributed by atoms with Crippen molar-refractivity contribution >= 4 is 23.3 Å². The number of ether oxygens (including phenoxy) is 8. The molecule has 2 aromatic carbocycles. The van der Waals surface area contributed by atoms with Crippen molar-refractivity contribution in [1.82, 2.24) is 4.90 Å².